The van der Waals surface area contributed by atoms with Crippen LogP contribution in [0, 0.1) is 34.5 Å². The van der Waals surface area contributed by atoms with Gasteiger partial charge in [0.1, 0.15) is 10.6 Å². The number of nitrogens with zero attached hydrogens (tertiary/aromatic N) is 2. The Bertz CT molecular complexity index is 1200. The normalized spacial score (nSPS) is 44.6. The summed E-state index contributed by atoms with van der Waals surface area (Å²) < 4.78 is 0. The molecule has 7 heteroatoms. The quantitative estimate of drug-likeness (QED) is 0.575. The monoisotopic (exact) mass is 506 g/mol. The van der Waals surface area contributed by atoms with Gasteiger partial charge >= 0.3 is 0 Å². The Morgan fingerprint density at radius 3 is 2.89 bits per heavy atom. The summed E-state index contributed by atoms with van der Waals surface area (Å²) in [6, 6.07) is 0. The Balaban J connectivity index is 1.24. The number of carbonyl (C=O) groups is 2. The molecule has 0 aromatic rings. The summed E-state index contributed by atoms with van der Waals surface area (Å²) in [5.41, 5.74) is -0.303. The third-order valence-corrected chi connectivity index (χ3v) is 11.3. The number of thioether (sulfide) groups is 1. The largest absolute Gasteiger partial charge is 0.393 e. The minimum absolute atomic E-state index is 0.00978. The highest BCUT2D eigenvalue weighted by Gasteiger charge is 2.68. The summed E-state index contributed by atoms with van der Waals surface area (Å²) in [5.74, 6) is 0.531. The average Bonchev–Trinajstić information content (AvgIpc) is 3.13. The highest BCUT2D eigenvalue weighted by Crippen LogP contribution is 2.67. The molecule has 6 nitrogen and oxygen atoms in total. The van der Waals surface area contributed by atoms with Gasteiger partial charge in [0, 0.05) is 22.7 Å². The van der Waals surface area contributed by atoms with E-state index in [-0.39, 0.29) is 46.4 Å². The lowest BCUT2D eigenvalue weighted by Gasteiger charge is -2.59. The van der Waals surface area contributed by atoms with E-state index in [1.165, 1.54) is 11.8 Å². The third-order valence-electron chi connectivity index (χ3n) is 10.3. The summed E-state index contributed by atoms with van der Waals surface area (Å²) in [6.45, 7) is 4.79. The molecule has 0 spiro atoms. The number of Topliss-reactive ketones (excluding diaryl/α,β-unsaturated/α-hetero) is 1. The van der Waals surface area contributed by atoms with Crippen molar-refractivity contribution in [3.63, 3.8) is 0 Å². The number of rotatable bonds is 4. The maximum atomic E-state index is 13.7. The van der Waals surface area contributed by atoms with Crippen molar-refractivity contribution in [3.05, 3.63) is 58.7 Å². The Hall–Kier alpha value is -2.09. The highest BCUT2D eigenvalue weighted by atomic mass is 32.2. The van der Waals surface area contributed by atoms with E-state index >= 15 is 0 Å². The fourth-order valence-corrected chi connectivity index (χ4v) is 9.39. The zero-order chi connectivity index (χ0) is 25.3. The number of allylic oxidation sites excluding steroid dienone is 7. The number of azo groups is 1. The van der Waals surface area contributed by atoms with Gasteiger partial charge in [-0.2, -0.15) is 5.11 Å². The Morgan fingerprint density at radius 1 is 1.22 bits per heavy atom. The van der Waals surface area contributed by atoms with E-state index in [9.17, 15) is 19.8 Å². The first-order chi connectivity index (χ1) is 17.2. The third kappa shape index (κ3) is 3.38. The first kappa shape index (κ1) is 24.3. The SMILES string of the molecule is CC12C=CC(=O)C=C1CCC1C2[C@@H](O)CC2(C)C1CC[C@]2(O)C(=O)CSC1=C2C=CC=CC2CN=N1. The number of aliphatic hydroxyl groups is 2. The summed E-state index contributed by atoms with van der Waals surface area (Å²) in [7, 11) is 0. The lowest BCUT2D eigenvalue weighted by Crippen LogP contribution is -2.61. The Morgan fingerprint density at radius 2 is 2.06 bits per heavy atom. The number of carbonyl (C=O) groups excluding carboxylic acids is 2. The van der Waals surface area contributed by atoms with E-state index in [1.54, 1.807) is 12.2 Å². The smallest absolute Gasteiger partial charge is 0.178 e. The van der Waals surface area contributed by atoms with E-state index in [4.69, 9.17) is 0 Å². The van der Waals surface area contributed by atoms with Crippen LogP contribution >= 0.6 is 11.8 Å². The second-order valence-corrected chi connectivity index (χ2v) is 12.8. The molecule has 8 atom stereocenters. The second-order valence-electron chi connectivity index (χ2n) is 11.9. The first-order valence-corrected chi connectivity index (χ1v) is 14.1. The molecule has 6 unspecified atom stereocenters. The van der Waals surface area contributed by atoms with Crippen molar-refractivity contribution in [1.82, 2.24) is 0 Å². The van der Waals surface area contributed by atoms with Crippen LogP contribution in [0.3, 0.4) is 0 Å². The van der Waals surface area contributed by atoms with E-state index in [0.717, 1.165) is 35.4 Å². The average molecular weight is 507 g/mol. The van der Waals surface area contributed by atoms with Crippen LogP contribution in [0.15, 0.2) is 68.9 Å². The van der Waals surface area contributed by atoms with Crippen LogP contribution in [0.25, 0.3) is 0 Å². The van der Waals surface area contributed by atoms with Crippen molar-refractivity contribution in [1.29, 1.82) is 0 Å². The maximum Gasteiger partial charge on any atom is 0.178 e. The molecule has 6 aliphatic rings. The van der Waals surface area contributed by atoms with Crippen molar-refractivity contribution in [2.45, 2.75) is 57.7 Å². The van der Waals surface area contributed by atoms with Crippen LogP contribution in [-0.2, 0) is 9.59 Å². The predicted octanol–water partition coefficient (Wildman–Crippen LogP) is 4.72. The lowest BCUT2D eigenvalue weighted by molar-refractivity contribution is -0.174. The molecule has 0 amide bonds. The minimum Gasteiger partial charge on any atom is -0.393 e. The topological polar surface area (TPSA) is 99.3 Å². The Kier molecular flexibility index (Phi) is 5.71. The number of fused-ring (bicyclic) bond motifs is 6. The zero-order valence-corrected chi connectivity index (χ0v) is 21.7. The molecule has 2 N–H and O–H groups in total. The summed E-state index contributed by atoms with van der Waals surface area (Å²) in [5, 5.41) is 32.8. The van der Waals surface area contributed by atoms with Gasteiger partial charge in [-0.1, -0.05) is 61.6 Å². The molecule has 5 aliphatic carbocycles. The van der Waals surface area contributed by atoms with Crippen molar-refractivity contribution >= 4 is 23.3 Å². The van der Waals surface area contributed by atoms with Crippen LogP contribution in [0.5, 0.6) is 0 Å². The lowest BCUT2D eigenvalue weighted by atomic mass is 9.46. The molecule has 1 heterocycles. The molecule has 6 rings (SSSR count). The molecule has 36 heavy (non-hydrogen) atoms. The molecule has 0 saturated heterocycles. The van der Waals surface area contributed by atoms with Crippen LogP contribution < -0.4 is 0 Å². The summed E-state index contributed by atoms with van der Waals surface area (Å²) in [4.78, 5) is 25.7. The van der Waals surface area contributed by atoms with Gasteiger partial charge in [-0.3, -0.25) is 9.59 Å². The van der Waals surface area contributed by atoms with Crippen LogP contribution in [0.4, 0.5) is 0 Å². The molecule has 1 aliphatic heterocycles. The van der Waals surface area contributed by atoms with E-state index in [0.29, 0.717) is 19.4 Å². The van der Waals surface area contributed by atoms with Crippen LogP contribution in [-0.4, -0.2) is 45.8 Å². The van der Waals surface area contributed by atoms with Crippen molar-refractivity contribution in [3.8, 4) is 0 Å². The molecule has 190 valence electrons. The van der Waals surface area contributed by atoms with Gasteiger partial charge in [0.2, 0.25) is 0 Å². The molecule has 0 radical (unpaired) electrons. The first-order valence-electron chi connectivity index (χ1n) is 13.1. The van der Waals surface area contributed by atoms with Crippen LogP contribution in [0.2, 0.25) is 0 Å². The molecule has 0 bridgehead atoms. The maximum absolute atomic E-state index is 13.7. The minimum atomic E-state index is -1.47. The fourth-order valence-electron chi connectivity index (χ4n) is 8.38. The van der Waals surface area contributed by atoms with E-state index < -0.39 is 17.1 Å². The van der Waals surface area contributed by atoms with Gasteiger partial charge in [0.05, 0.1) is 18.4 Å². The van der Waals surface area contributed by atoms with E-state index in [1.807, 2.05) is 31.2 Å². The molecule has 0 aromatic carbocycles. The molecular weight excluding hydrogens is 472 g/mol. The predicted molar refractivity (Wildman–Crippen MR) is 139 cm³/mol. The van der Waals surface area contributed by atoms with Crippen molar-refractivity contribution in [2.75, 3.05) is 12.3 Å². The fraction of sp³-hybridized carbons (Fsp3) is 0.586. The van der Waals surface area contributed by atoms with Gasteiger partial charge in [0.15, 0.2) is 11.6 Å². The van der Waals surface area contributed by atoms with Gasteiger partial charge in [-0.05, 0) is 61.7 Å². The van der Waals surface area contributed by atoms with Gasteiger partial charge < -0.3 is 10.2 Å². The van der Waals surface area contributed by atoms with Gasteiger partial charge in [-0.15, -0.1) is 5.11 Å². The van der Waals surface area contributed by atoms with Gasteiger partial charge in [0.25, 0.3) is 0 Å². The Labute approximate surface area is 216 Å². The van der Waals surface area contributed by atoms with E-state index in [2.05, 4.69) is 23.2 Å². The number of ketones is 2. The van der Waals surface area contributed by atoms with Crippen molar-refractivity contribution < 1.29 is 19.8 Å². The van der Waals surface area contributed by atoms with Crippen LogP contribution in [0.1, 0.15) is 46.0 Å². The standard InChI is InChI=1S/C29H34N2O4S/c1-27-11-9-19(32)13-18(27)7-8-21-22-10-12-29(35,28(22,2)14-23(33)25(21)27)24(34)16-36-26-20-6-4-3-5-17(20)15-30-31-26/h3-6,9,11,13,17,21-23,25,33,35H,7-8,10,12,14-16H2,1-2H3/t17?,21?,22?,23-,25?,27?,28?,29-/m0/s1. The van der Waals surface area contributed by atoms with Gasteiger partial charge in [-0.25, -0.2) is 0 Å². The summed E-state index contributed by atoms with van der Waals surface area (Å²) >= 11 is 1.37. The molecule has 3 saturated carbocycles. The molecular formula is C29H34N2O4S. The zero-order valence-electron chi connectivity index (χ0n) is 20.9. The second kappa shape index (κ2) is 8.47. The number of hydrogen-bond acceptors (Lipinski definition) is 7. The molecule has 3 fully saturated rings. The highest BCUT2D eigenvalue weighted by molar-refractivity contribution is 8.03. The van der Waals surface area contributed by atoms with Crippen molar-refractivity contribution in [2.24, 2.45) is 44.7 Å². The summed E-state index contributed by atoms with van der Waals surface area (Å²) in [6.07, 6.45) is 16.2. The molecule has 0 aromatic heterocycles. The number of hydrogen-bond donors (Lipinski definition) is 2. The number of aliphatic hydroxyl groups excluding tert-OH is 1.